The number of nitrogens with one attached hydrogen (secondary N) is 1. The Kier molecular flexibility index (Phi) is 8.02. The van der Waals surface area contributed by atoms with Crippen LogP contribution in [0.25, 0.3) is 0 Å². The SMILES string of the molecule is COc1ccnc(C(=O)N[C@](C)(C(=O)OOc2cccc(Cl)c2)C(C)CC2CCCC2)c1O. The Morgan fingerprint density at radius 1 is 1.30 bits per heavy atom. The van der Waals surface area contributed by atoms with Crippen LogP contribution in [0.3, 0.4) is 0 Å². The summed E-state index contributed by atoms with van der Waals surface area (Å²) in [7, 11) is 1.37. The van der Waals surface area contributed by atoms with Gasteiger partial charge < -0.3 is 15.2 Å². The van der Waals surface area contributed by atoms with Gasteiger partial charge in [0.1, 0.15) is 5.54 Å². The average molecular weight is 477 g/mol. The first-order valence-corrected chi connectivity index (χ1v) is 11.3. The summed E-state index contributed by atoms with van der Waals surface area (Å²) >= 11 is 5.95. The monoisotopic (exact) mass is 476 g/mol. The summed E-state index contributed by atoms with van der Waals surface area (Å²) in [6.45, 7) is 3.48. The minimum absolute atomic E-state index is 0.0997. The van der Waals surface area contributed by atoms with Crippen molar-refractivity contribution in [2.24, 2.45) is 11.8 Å². The van der Waals surface area contributed by atoms with Gasteiger partial charge in [-0.15, -0.1) is 0 Å². The fraction of sp³-hybridized carbons (Fsp3) is 0.458. The highest BCUT2D eigenvalue weighted by atomic mass is 35.5. The minimum atomic E-state index is -1.45. The number of hydrogen-bond acceptors (Lipinski definition) is 7. The molecule has 9 heteroatoms. The van der Waals surface area contributed by atoms with Crippen molar-refractivity contribution in [2.75, 3.05) is 7.11 Å². The summed E-state index contributed by atoms with van der Waals surface area (Å²) in [4.78, 5) is 40.5. The lowest BCUT2D eigenvalue weighted by atomic mass is 9.80. The maximum Gasteiger partial charge on any atom is 0.380 e. The first-order chi connectivity index (χ1) is 15.7. The van der Waals surface area contributed by atoms with Crippen LogP contribution < -0.4 is 14.9 Å². The van der Waals surface area contributed by atoms with Gasteiger partial charge in [0.2, 0.25) is 0 Å². The first kappa shape index (κ1) is 24.6. The first-order valence-electron chi connectivity index (χ1n) is 10.9. The Balaban J connectivity index is 1.82. The van der Waals surface area contributed by atoms with Crippen molar-refractivity contribution in [2.45, 2.75) is 51.5 Å². The molecule has 0 aliphatic heterocycles. The lowest BCUT2D eigenvalue weighted by Gasteiger charge is -2.34. The molecule has 2 aromatic rings. The Hall–Kier alpha value is -3.00. The van der Waals surface area contributed by atoms with Gasteiger partial charge >= 0.3 is 5.97 Å². The highest BCUT2D eigenvalue weighted by Crippen LogP contribution is 2.35. The van der Waals surface area contributed by atoms with Crippen molar-refractivity contribution in [1.82, 2.24) is 10.3 Å². The number of benzene rings is 1. The number of ether oxygens (including phenoxy) is 1. The maximum absolute atomic E-state index is 13.2. The van der Waals surface area contributed by atoms with E-state index < -0.39 is 23.2 Å². The second-order valence-electron chi connectivity index (χ2n) is 8.57. The summed E-state index contributed by atoms with van der Waals surface area (Å²) in [5.74, 6) is -1.39. The smallest absolute Gasteiger partial charge is 0.380 e. The molecule has 1 fully saturated rings. The molecule has 1 aliphatic carbocycles. The molecule has 0 spiro atoms. The van der Waals surface area contributed by atoms with E-state index in [2.05, 4.69) is 10.3 Å². The quantitative estimate of drug-likeness (QED) is 0.399. The van der Waals surface area contributed by atoms with Crippen LogP contribution in [0.4, 0.5) is 0 Å². The number of aromatic hydroxyl groups is 1. The van der Waals surface area contributed by atoms with Crippen molar-refractivity contribution >= 4 is 23.5 Å². The average Bonchev–Trinajstić information content (AvgIpc) is 3.30. The molecule has 1 aromatic heterocycles. The molecule has 33 heavy (non-hydrogen) atoms. The molecule has 0 radical (unpaired) electrons. The number of rotatable bonds is 9. The molecule has 1 unspecified atom stereocenters. The van der Waals surface area contributed by atoms with Gasteiger partial charge in [0.15, 0.2) is 22.9 Å². The van der Waals surface area contributed by atoms with E-state index >= 15 is 0 Å². The largest absolute Gasteiger partial charge is 0.503 e. The highest BCUT2D eigenvalue weighted by molar-refractivity contribution is 6.30. The van der Waals surface area contributed by atoms with Gasteiger partial charge in [-0.2, -0.15) is 0 Å². The molecule has 1 amide bonds. The molecule has 8 nitrogen and oxygen atoms in total. The molecule has 1 saturated carbocycles. The maximum atomic E-state index is 13.2. The number of methoxy groups -OCH3 is 1. The van der Waals surface area contributed by atoms with Crippen LogP contribution in [-0.4, -0.2) is 34.6 Å². The van der Waals surface area contributed by atoms with Gasteiger partial charge in [0, 0.05) is 23.4 Å². The Labute approximate surface area is 198 Å². The molecule has 0 saturated heterocycles. The van der Waals surface area contributed by atoms with Gasteiger partial charge in [-0.25, -0.2) is 14.7 Å². The van der Waals surface area contributed by atoms with Gasteiger partial charge in [-0.05, 0) is 37.3 Å². The molecule has 178 valence electrons. The van der Waals surface area contributed by atoms with Gasteiger partial charge in [0.25, 0.3) is 5.91 Å². The van der Waals surface area contributed by atoms with E-state index in [0.29, 0.717) is 10.9 Å². The summed E-state index contributed by atoms with van der Waals surface area (Å²) < 4.78 is 5.05. The van der Waals surface area contributed by atoms with E-state index in [-0.39, 0.29) is 23.1 Å². The van der Waals surface area contributed by atoms with Crippen molar-refractivity contribution in [3.63, 3.8) is 0 Å². The van der Waals surface area contributed by atoms with E-state index in [0.717, 1.165) is 32.1 Å². The number of hydrogen-bond donors (Lipinski definition) is 2. The van der Waals surface area contributed by atoms with Crippen LogP contribution in [0.15, 0.2) is 36.5 Å². The number of carbonyl (C=O) groups is 2. The zero-order valence-electron chi connectivity index (χ0n) is 19.0. The summed E-state index contributed by atoms with van der Waals surface area (Å²) in [5, 5.41) is 13.5. The van der Waals surface area contributed by atoms with Gasteiger partial charge in [-0.1, -0.05) is 50.3 Å². The number of amides is 1. The third-order valence-electron chi connectivity index (χ3n) is 6.28. The van der Waals surface area contributed by atoms with Crippen LogP contribution in [0.1, 0.15) is 56.4 Å². The summed E-state index contributed by atoms with van der Waals surface area (Å²) in [6.07, 6.45) is 6.55. The van der Waals surface area contributed by atoms with E-state index in [9.17, 15) is 14.7 Å². The van der Waals surface area contributed by atoms with Crippen LogP contribution in [0, 0.1) is 11.8 Å². The highest BCUT2D eigenvalue weighted by Gasteiger charge is 2.45. The topological polar surface area (TPSA) is 107 Å². The molecule has 1 aromatic carbocycles. The zero-order valence-corrected chi connectivity index (χ0v) is 19.7. The molecule has 0 bridgehead atoms. The minimum Gasteiger partial charge on any atom is -0.503 e. The molecule has 1 heterocycles. The second kappa shape index (κ2) is 10.7. The molecular weight excluding hydrogens is 448 g/mol. The predicted molar refractivity (Wildman–Crippen MR) is 122 cm³/mol. The number of pyridine rings is 1. The van der Waals surface area contributed by atoms with Crippen LogP contribution in [-0.2, 0) is 9.68 Å². The van der Waals surface area contributed by atoms with E-state index in [1.54, 1.807) is 25.1 Å². The molecule has 2 atom stereocenters. The fourth-order valence-electron chi connectivity index (χ4n) is 4.11. The second-order valence-corrected chi connectivity index (χ2v) is 9.00. The molecular formula is C24H29ClN2O6. The Morgan fingerprint density at radius 3 is 2.70 bits per heavy atom. The predicted octanol–water partition coefficient (Wildman–Crippen LogP) is 4.69. The van der Waals surface area contributed by atoms with Crippen molar-refractivity contribution in [3.05, 3.63) is 47.2 Å². The van der Waals surface area contributed by atoms with E-state index in [1.807, 2.05) is 6.92 Å². The number of carbonyl (C=O) groups excluding carboxylic acids is 2. The summed E-state index contributed by atoms with van der Waals surface area (Å²) in [6, 6.07) is 7.85. The van der Waals surface area contributed by atoms with Crippen LogP contribution in [0.2, 0.25) is 5.02 Å². The molecule has 1 aliphatic rings. The molecule has 3 rings (SSSR count). The molecule has 2 N–H and O–H groups in total. The van der Waals surface area contributed by atoms with Crippen LogP contribution >= 0.6 is 11.6 Å². The van der Waals surface area contributed by atoms with Crippen LogP contribution in [0.5, 0.6) is 17.2 Å². The van der Waals surface area contributed by atoms with E-state index in [1.165, 1.54) is 25.4 Å². The third kappa shape index (κ3) is 5.87. The fourth-order valence-corrected chi connectivity index (χ4v) is 4.29. The summed E-state index contributed by atoms with van der Waals surface area (Å²) in [5.41, 5.74) is -1.70. The van der Waals surface area contributed by atoms with Gasteiger partial charge in [-0.3, -0.25) is 9.68 Å². The number of halogens is 1. The zero-order chi connectivity index (χ0) is 24.0. The number of aromatic nitrogens is 1. The van der Waals surface area contributed by atoms with Crippen molar-refractivity contribution < 1.29 is 29.2 Å². The number of nitrogens with zero attached hydrogens (tertiary/aromatic N) is 1. The lowest BCUT2D eigenvalue weighted by molar-refractivity contribution is -0.222. The third-order valence-corrected chi connectivity index (χ3v) is 6.51. The normalized spacial score (nSPS) is 16.5. The van der Waals surface area contributed by atoms with Gasteiger partial charge in [0.05, 0.1) is 7.11 Å². The van der Waals surface area contributed by atoms with E-state index in [4.69, 9.17) is 26.1 Å². The van der Waals surface area contributed by atoms with Crippen molar-refractivity contribution in [3.8, 4) is 17.2 Å². The Bertz CT molecular complexity index is 995. The standard InChI is InChI=1S/C24H29ClN2O6/c1-15(13-16-7-4-5-8-16)24(2,23(30)33-32-18-10-6-9-17(25)14-18)27-22(29)20-21(28)19(31-3)11-12-26-20/h6,9-12,14-16,28H,4-5,7-8,13H2,1-3H3,(H,27,29)/t15?,24-/m0/s1. The lowest BCUT2D eigenvalue weighted by Crippen LogP contribution is -2.58. The van der Waals surface area contributed by atoms with Crippen molar-refractivity contribution in [1.29, 1.82) is 0 Å². The Morgan fingerprint density at radius 2 is 2.03 bits per heavy atom.